The van der Waals surface area contributed by atoms with Crippen LogP contribution in [-0.2, 0) is 20.9 Å². The molecule has 1 aromatic carbocycles. The standard InChI is InChI=1S/C25H36N4O7/c1-26(2)12-6-10-19-11-7-13-29(25(35)36-17-18-8-4-3-5-9-18)21(19)22(30)28-15-14-27(24(33)34)16-20(28)23(31)32/h3-5,8-9,19-21H,6-7,10-17H2,1-2H3,(H,31,32)(H,33,34)/t19-,20?,21+/m0/s1. The Morgan fingerprint density at radius 2 is 1.75 bits per heavy atom. The number of amides is 3. The Kier molecular flexibility index (Phi) is 9.51. The van der Waals surface area contributed by atoms with Gasteiger partial charge in [0.2, 0.25) is 5.91 Å². The van der Waals surface area contributed by atoms with Gasteiger partial charge in [0.1, 0.15) is 18.7 Å². The molecule has 3 atom stereocenters. The van der Waals surface area contributed by atoms with Crippen molar-refractivity contribution >= 4 is 24.1 Å². The van der Waals surface area contributed by atoms with Crippen molar-refractivity contribution in [3.05, 3.63) is 35.9 Å². The normalized spacial score (nSPS) is 22.4. The van der Waals surface area contributed by atoms with Crippen molar-refractivity contribution < 1.29 is 34.1 Å². The summed E-state index contributed by atoms with van der Waals surface area (Å²) in [4.78, 5) is 56.2. The van der Waals surface area contributed by atoms with Crippen molar-refractivity contribution in [3.63, 3.8) is 0 Å². The number of hydrogen-bond donors (Lipinski definition) is 2. The highest BCUT2D eigenvalue weighted by molar-refractivity contribution is 5.90. The molecule has 2 heterocycles. The van der Waals surface area contributed by atoms with Gasteiger partial charge in [-0.05, 0) is 57.8 Å². The third-order valence-electron chi connectivity index (χ3n) is 6.85. The van der Waals surface area contributed by atoms with Gasteiger partial charge in [-0.15, -0.1) is 0 Å². The number of benzene rings is 1. The monoisotopic (exact) mass is 504 g/mol. The first-order valence-electron chi connectivity index (χ1n) is 12.3. The second kappa shape index (κ2) is 12.6. The molecule has 11 nitrogen and oxygen atoms in total. The summed E-state index contributed by atoms with van der Waals surface area (Å²) in [7, 11) is 3.94. The van der Waals surface area contributed by atoms with E-state index in [4.69, 9.17) is 4.74 Å². The van der Waals surface area contributed by atoms with E-state index >= 15 is 0 Å². The molecule has 0 spiro atoms. The van der Waals surface area contributed by atoms with E-state index in [1.54, 1.807) is 0 Å². The SMILES string of the molecule is CN(C)CCC[C@H]1CCCN(C(=O)OCc2ccccc2)[C@H]1C(=O)N1CCN(C(=O)O)CC1C(=O)O. The Hall–Kier alpha value is -3.34. The van der Waals surface area contributed by atoms with Gasteiger partial charge in [0.25, 0.3) is 0 Å². The number of carbonyl (C=O) groups excluding carboxylic acids is 2. The van der Waals surface area contributed by atoms with Crippen molar-refractivity contribution in [2.24, 2.45) is 5.92 Å². The first-order chi connectivity index (χ1) is 17.2. The van der Waals surface area contributed by atoms with Crippen LogP contribution in [0.3, 0.4) is 0 Å². The van der Waals surface area contributed by atoms with Gasteiger partial charge in [-0.2, -0.15) is 0 Å². The molecule has 11 heteroatoms. The molecule has 1 aromatic rings. The average Bonchev–Trinajstić information content (AvgIpc) is 2.86. The molecular weight excluding hydrogens is 468 g/mol. The third-order valence-corrected chi connectivity index (χ3v) is 6.85. The van der Waals surface area contributed by atoms with Crippen LogP contribution in [0.4, 0.5) is 9.59 Å². The van der Waals surface area contributed by atoms with Crippen LogP contribution >= 0.6 is 0 Å². The molecule has 36 heavy (non-hydrogen) atoms. The first-order valence-corrected chi connectivity index (χ1v) is 12.3. The zero-order chi connectivity index (χ0) is 26.2. The van der Waals surface area contributed by atoms with Gasteiger partial charge in [0.05, 0.1) is 6.54 Å². The van der Waals surface area contributed by atoms with Gasteiger partial charge < -0.3 is 29.6 Å². The summed E-state index contributed by atoms with van der Waals surface area (Å²) in [5.74, 6) is -1.88. The topological polar surface area (TPSA) is 131 Å². The Balaban J connectivity index is 1.82. The van der Waals surface area contributed by atoms with Gasteiger partial charge in [0, 0.05) is 19.6 Å². The third kappa shape index (κ3) is 6.87. The molecule has 0 aliphatic carbocycles. The van der Waals surface area contributed by atoms with E-state index in [-0.39, 0.29) is 32.2 Å². The zero-order valence-corrected chi connectivity index (χ0v) is 20.9. The van der Waals surface area contributed by atoms with E-state index in [9.17, 15) is 29.4 Å². The number of carboxylic acids is 1. The number of hydrogen-bond acceptors (Lipinski definition) is 6. The average molecular weight is 505 g/mol. The quantitative estimate of drug-likeness (QED) is 0.550. The summed E-state index contributed by atoms with van der Waals surface area (Å²) in [5, 5.41) is 19.1. The number of ether oxygens (including phenoxy) is 1. The minimum absolute atomic E-state index is 0.0152. The molecule has 0 aromatic heterocycles. The van der Waals surface area contributed by atoms with Crippen LogP contribution in [0.15, 0.2) is 30.3 Å². The Labute approximate surface area is 211 Å². The van der Waals surface area contributed by atoms with Gasteiger partial charge in [-0.25, -0.2) is 14.4 Å². The first kappa shape index (κ1) is 27.3. The number of rotatable bonds is 8. The summed E-state index contributed by atoms with van der Waals surface area (Å²) in [6.07, 6.45) is 1.14. The lowest BCUT2D eigenvalue weighted by atomic mass is 9.84. The van der Waals surface area contributed by atoms with E-state index in [2.05, 4.69) is 4.90 Å². The fraction of sp³-hybridized carbons (Fsp3) is 0.600. The minimum atomic E-state index is -1.31. The van der Waals surface area contributed by atoms with Crippen molar-refractivity contribution in [3.8, 4) is 0 Å². The van der Waals surface area contributed by atoms with E-state index in [1.807, 2.05) is 44.4 Å². The second-order valence-electron chi connectivity index (χ2n) is 9.64. The second-order valence-corrected chi connectivity index (χ2v) is 9.64. The van der Waals surface area contributed by atoms with E-state index in [0.717, 1.165) is 29.8 Å². The summed E-state index contributed by atoms with van der Waals surface area (Å²) >= 11 is 0. The molecule has 3 amide bonds. The molecule has 2 N–H and O–H groups in total. The van der Waals surface area contributed by atoms with Gasteiger partial charge >= 0.3 is 18.2 Å². The number of piperazine rings is 1. The Morgan fingerprint density at radius 3 is 2.39 bits per heavy atom. The zero-order valence-electron chi connectivity index (χ0n) is 20.9. The van der Waals surface area contributed by atoms with E-state index in [1.165, 1.54) is 9.80 Å². The molecule has 2 aliphatic heterocycles. The molecule has 1 unspecified atom stereocenters. The number of aliphatic carboxylic acids is 1. The summed E-state index contributed by atoms with van der Waals surface area (Å²) in [5.41, 5.74) is 0.823. The lowest BCUT2D eigenvalue weighted by Crippen LogP contribution is -2.64. The van der Waals surface area contributed by atoms with Crippen LogP contribution in [0.2, 0.25) is 0 Å². The van der Waals surface area contributed by atoms with Crippen LogP contribution in [0, 0.1) is 5.92 Å². The highest BCUT2D eigenvalue weighted by Crippen LogP contribution is 2.31. The van der Waals surface area contributed by atoms with Crippen molar-refractivity contribution in [1.29, 1.82) is 0 Å². The summed E-state index contributed by atoms with van der Waals surface area (Å²) in [6.45, 7) is 0.882. The molecule has 0 radical (unpaired) electrons. The molecular formula is C25H36N4O7. The van der Waals surface area contributed by atoms with Crippen LogP contribution in [0.5, 0.6) is 0 Å². The number of carboxylic acid groups (broad SMARTS) is 2. The van der Waals surface area contributed by atoms with E-state index in [0.29, 0.717) is 19.4 Å². The van der Waals surface area contributed by atoms with Crippen molar-refractivity contribution in [2.45, 2.75) is 44.4 Å². The highest BCUT2D eigenvalue weighted by Gasteiger charge is 2.46. The Bertz CT molecular complexity index is 926. The number of likely N-dealkylation sites (tertiary alicyclic amines) is 1. The molecule has 2 saturated heterocycles. The smallest absolute Gasteiger partial charge is 0.410 e. The lowest BCUT2D eigenvalue weighted by Gasteiger charge is -2.45. The van der Waals surface area contributed by atoms with Crippen LogP contribution < -0.4 is 0 Å². The van der Waals surface area contributed by atoms with Crippen LogP contribution in [0.25, 0.3) is 0 Å². The predicted octanol–water partition coefficient (Wildman–Crippen LogP) is 2.02. The highest BCUT2D eigenvalue weighted by atomic mass is 16.6. The molecule has 0 saturated carbocycles. The lowest BCUT2D eigenvalue weighted by molar-refractivity contribution is -0.157. The maximum absolute atomic E-state index is 13.9. The molecule has 2 aliphatic rings. The summed E-state index contributed by atoms with van der Waals surface area (Å²) < 4.78 is 5.55. The molecule has 198 valence electrons. The molecule has 2 fully saturated rings. The summed E-state index contributed by atoms with van der Waals surface area (Å²) in [6, 6.07) is 7.08. The molecule has 0 bridgehead atoms. The van der Waals surface area contributed by atoms with Crippen LogP contribution in [-0.4, -0.2) is 113 Å². The maximum Gasteiger partial charge on any atom is 0.410 e. The fourth-order valence-corrected chi connectivity index (χ4v) is 4.99. The van der Waals surface area contributed by atoms with Crippen LogP contribution in [0.1, 0.15) is 31.2 Å². The number of piperidine rings is 1. The maximum atomic E-state index is 13.9. The molecule has 3 rings (SSSR count). The van der Waals surface area contributed by atoms with E-state index < -0.39 is 36.1 Å². The van der Waals surface area contributed by atoms with Gasteiger partial charge in [0.15, 0.2) is 0 Å². The minimum Gasteiger partial charge on any atom is -0.480 e. The predicted molar refractivity (Wildman–Crippen MR) is 130 cm³/mol. The fourth-order valence-electron chi connectivity index (χ4n) is 4.99. The van der Waals surface area contributed by atoms with Gasteiger partial charge in [-0.1, -0.05) is 30.3 Å². The number of carbonyl (C=O) groups is 4. The van der Waals surface area contributed by atoms with Crippen molar-refractivity contribution in [1.82, 2.24) is 19.6 Å². The number of nitrogens with zero attached hydrogens (tertiary/aromatic N) is 4. The van der Waals surface area contributed by atoms with Gasteiger partial charge in [-0.3, -0.25) is 9.69 Å². The Morgan fingerprint density at radius 1 is 1.03 bits per heavy atom. The van der Waals surface area contributed by atoms with Crippen molar-refractivity contribution in [2.75, 3.05) is 46.8 Å². The largest absolute Gasteiger partial charge is 0.480 e.